The average Bonchev–Trinajstić information content (AvgIpc) is 2.00. The summed E-state index contributed by atoms with van der Waals surface area (Å²) in [5.41, 5.74) is 0.684. The molecular weight excluding hydrogens is 248 g/mol. The van der Waals surface area contributed by atoms with Gasteiger partial charge in [-0.1, -0.05) is 5.57 Å². The second kappa shape index (κ2) is 5.65. The first-order chi connectivity index (χ1) is 6.68. The van der Waals surface area contributed by atoms with E-state index in [-0.39, 0.29) is 13.0 Å². The van der Waals surface area contributed by atoms with Gasteiger partial charge in [0.05, 0.1) is 6.61 Å². The lowest BCUT2D eigenvalue weighted by atomic mass is 10.3. The molecule has 0 saturated heterocycles. The highest BCUT2D eigenvalue weighted by atomic mass is 31.3. The quantitative estimate of drug-likeness (QED) is 0.406. The fourth-order valence-corrected chi connectivity index (χ4v) is 2.28. The van der Waals surface area contributed by atoms with Gasteiger partial charge in [-0.25, -0.2) is 9.13 Å². The van der Waals surface area contributed by atoms with Gasteiger partial charge in [-0.05, 0) is 13.3 Å². The fraction of sp³-hybridized carbons (Fsp3) is 0.600. The molecule has 0 fully saturated rings. The Morgan fingerprint density at radius 1 is 1.47 bits per heavy atom. The molecule has 0 aliphatic rings. The molecule has 1 unspecified atom stereocenters. The van der Waals surface area contributed by atoms with E-state index in [4.69, 9.17) is 9.79 Å². The molecule has 0 aromatic heterocycles. The minimum atomic E-state index is -5.07. The van der Waals surface area contributed by atoms with Crippen molar-refractivity contribution in [2.45, 2.75) is 13.3 Å². The molecule has 88 valence electrons. The highest BCUT2D eigenvalue weighted by molar-refractivity contribution is 7.63. The summed E-state index contributed by atoms with van der Waals surface area (Å²) in [5, 5.41) is 0. The topological polar surface area (TPSA) is 122 Å². The van der Waals surface area contributed by atoms with Gasteiger partial charge in [0.15, 0.2) is 0 Å². The third-order valence-corrected chi connectivity index (χ3v) is 3.48. The Morgan fingerprint density at radius 2 is 2.00 bits per heavy atom. The van der Waals surface area contributed by atoms with Gasteiger partial charge < -0.3 is 9.79 Å². The Morgan fingerprint density at radius 3 is 2.33 bits per heavy atom. The Bertz CT molecular complexity index is 334. The summed E-state index contributed by atoms with van der Waals surface area (Å²) in [4.78, 5) is 28.6. The van der Waals surface area contributed by atoms with Crippen LogP contribution in [0.5, 0.6) is 0 Å². The third-order valence-electron chi connectivity index (χ3n) is 1.09. The molecule has 0 bridgehead atoms. The molecule has 15 heavy (non-hydrogen) atoms. The van der Waals surface area contributed by atoms with Gasteiger partial charge in [0.2, 0.25) is 0 Å². The minimum absolute atomic E-state index is 0.224. The standard InChI is InChI=1S/C5H11NO7P2/c1-5(2)3-4-12-14(8,6-7)13-15(9,10)11/h1,3-4H2,2H3,(H2,9,10,11). The molecule has 0 heterocycles. The number of nitrogens with zero attached hydrogens (tertiary/aromatic N) is 1. The van der Waals surface area contributed by atoms with E-state index in [1.165, 1.54) is 0 Å². The van der Waals surface area contributed by atoms with Crippen molar-refractivity contribution >= 4 is 15.6 Å². The maximum Gasteiger partial charge on any atom is 0.498 e. The Kier molecular flexibility index (Phi) is 5.51. The zero-order valence-electron chi connectivity index (χ0n) is 7.90. The molecule has 0 aromatic carbocycles. The molecule has 0 rings (SSSR count). The second-order valence-corrected chi connectivity index (χ2v) is 5.66. The maximum absolute atomic E-state index is 11.1. The molecule has 8 nitrogen and oxygen atoms in total. The van der Waals surface area contributed by atoms with Crippen LogP contribution in [0, 0.1) is 4.91 Å². The van der Waals surface area contributed by atoms with Crippen LogP contribution in [0.3, 0.4) is 0 Å². The van der Waals surface area contributed by atoms with Crippen molar-refractivity contribution in [2.75, 3.05) is 6.61 Å². The van der Waals surface area contributed by atoms with Crippen molar-refractivity contribution in [3.63, 3.8) is 0 Å². The summed E-state index contributed by atoms with van der Waals surface area (Å²) in [5.74, 6) is 0. The van der Waals surface area contributed by atoms with Gasteiger partial charge in [-0.15, -0.1) is 11.5 Å². The van der Waals surface area contributed by atoms with Gasteiger partial charge in [-0.2, -0.15) is 4.31 Å². The first kappa shape index (κ1) is 14.6. The number of hydrogen-bond donors (Lipinski definition) is 2. The van der Waals surface area contributed by atoms with E-state index < -0.39 is 15.6 Å². The molecule has 0 amide bonds. The first-order valence-corrected chi connectivity index (χ1v) is 6.72. The van der Waals surface area contributed by atoms with Gasteiger partial charge in [0.25, 0.3) is 0 Å². The molecule has 10 heteroatoms. The Labute approximate surface area is 86.1 Å². The van der Waals surface area contributed by atoms with Crippen LogP contribution in [-0.2, 0) is 18.0 Å². The molecule has 0 saturated carbocycles. The predicted molar refractivity (Wildman–Crippen MR) is 51.9 cm³/mol. The lowest BCUT2D eigenvalue weighted by molar-refractivity contribution is 0.227. The second-order valence-electron chi connectivity index (χ2n) is 2.66. The minimum Gasteiger partial charge on any atom is -0.302 e. The van der Waals surface area contributed by atoms with E-state index in [9.17, 15) is 14.0 Å². The largest absolute Gasteiger partial charge is 0.498 e. The van der Waals surface area contributed by atoms with Crippen LogP contribution < -0.4 is 0 Å². The molecule has 0 aromatic rings. The number of hydrogen-bond acceptors (Lipinski definition) is 5. The van der Waals surface area contributed by atoms with Crippen molar-refractivity contribution in [2.24, 2.45) is 4.95 Å². The van der Waals surface area contributed by atoms with Gasteiger partial charge >= 0.3 is 15.6 Å². The smallest absolute Gasteiger partial charge is 0.302 e. The predicted octanol–water partition coefficient (Wildman–Crippen LogP) is 1.95. The summed E-state index contributed by atoms with van der Waals surface area (Å²) in [6, 6.07) is 0. The molecule has 1 atom stereocenters. The number of rotatable bonds is 7. The highest BCUT2D eigenvalue weighted by Crippen LogP contribution is 2.61. The van der Waals surface area contributed by atoms with Gasteiger partial charge in [0, 0.05) is 4.95 Å². The summed E-state index contributed by atoms with van der Waals surface area (Å²) in [6.45, 7) is 4.94. The normalized spacial score (nSPS) is 15.7. The van der Waals surface area contributed by atoms with Crippen LogP contribution in [0.1, 0.15) is 13.3 Å². The summed E-state index contributed by atoms with van der Waals surface area (Å²) < 4.78 is 29.5. The van der Waals surface area contributed by atoms with Crippen molar-refractivity contribution in [3.8, 4) is 0 Å². The summed E-state index contributed by atoms with van der Waals surface area (Å²) >= 11 is 0. The van der Waals surface area contributed by atoms with Crippen LogP contribution in [0.25, 0.3) is 0 Å². The first-order valence-electron chi connectivity index (χ1n) is 3.69. The lowest BCUT2D eigenvalue weighted by Gasteiger charge is -2.11. The van der Waals surface area contributed by atoms with E-state index >= 15 is 0 Å². The molecular formula is C5H11NO7P2. The van der Waals surface area contributed by atoms with Crippen LogP contribution in [0.15, 0.2) is 17.1 Å². The van der Waals surface area contributed by atoms with Crippen LogP contribution in [0.4, 0.5) is 0 Å². The third kappa shape index (κ3) is 7.56. The van der Waals surface area contributed by atoms with Crippen LogP contribution in [0.2, 0.25) is 0 Å². The monoisotopic (exact) mass is 259 g/mol. The van der Waals surface area contributed by atoms with E-state index in [1.54, 1.807) is 6.92 Å². The van der Waals surface area contributed by atoms with Crippen molar-refractivity contribution in [3.05, 3.63) is 17.1 Å². The maximum atomic E-state index is 11.1. The zero-order valence-corrected chi connectivity index (χ0v) is 9.69. The number of nitroso groups, excluding NO2 is 1. The zero-order chi connectivity index (χ0) is 12.1. The molecule has 0 aliphatic carbocycles. The van der Waals surface area contributed by atoms with Crippen molar-refractivity contribution in [1.29, 1.82) is 0 Å². The van der Waals surface area contributed by atoms with E-state index in [0.29, 0.717) is 5.57 Å². The van der Waals surface area contributed by atoms with E-state index in [0.717, 1.165) is 0 Å². The average molecular weight is 259 g/mol. The molecule has 2 N–H and O–H groups in total. The van der Waals surface area contributed by atoms with Gasteiger partial charge in [-0.3, -0.25) is 4.52 Å². The van der Waals surface area contributed by atoms with E-state index in [2.05, 4.69) is 15.4 Å². The van der Waals surface area contributed by atoms with E-state index in [1.807, 2.05) is 4.95 Å². The van der Waals surface area contributed by atoms with Gasteiger partial charge in [0.1, 0.15) is 0 Å². The Balaban J connectivity index is 4.33. The molecule has 0 spiro atoms. The fourth-order valence-electron chi connectivity index (χ4n) is 0.532. The SMILES string of the molecule is C=C(C)CCOP(=O)(N=O)OP(=O)(O)O. The lowest BCUT2D eigenvalue weighted by Crippen LogP contribution is -1.95. The summed E-state index contributed by atoms with van der Waals surface area (Å²) in [7, 11) is -9.68. The van der Waals surface area contributed by atoms with Crippen LogP contribution >= 0.6 is 15.6 Å². The van der Waals surface area contributed by atoms with Crippen molar-refractivity contribution in [1.82, 2.24) is 0 Å². The highest BCUT2D eigenvalue weighted by Gasteiger charge is 2.35. The molecule has 0 radical (unpaired) electrons. The summed E-state index contributed by atoms with van der Waals surface area (Å²) in [6.07, 6.45) is 0.268. The van der Waals surface area contributed by atoms with Crippen molar-refractivity contribution < 1.29 is 27.8 Å². The molecule has 0 aliphatic heterocycles. The van der Waals surface area contributed by atoms with Crippen LogP contribution in [-0.4, -0.2) is 16.4 Å². The Hall–Kier alpha value is -0.360. The number of phosphoric acid groups is 1.